The number of rotatable bonds is 2. The number of hydrogen-bond donors (Lipinski definition) is 2. The van der Waals surface area contributed by atoms with Crippen molar-refractivity contribution in [3.63, 3.8) is 0 Å². The van der Waals surface area contributed by atoms with Crippen molar-refractivity contribution in [3.05, 3.63) is 53.2 Å². The molecule has 5 heteroatoms. The van der Waals surface area contributed by atoms with Crippen molar-refractivity contribution < 1.29 is 4.79 Å². The molecule has 0 unspecified atom stereocenters. The summed E-state index contributed by atoms with van der Waals surface area (Å²) in [6.07, 6.45) is 0.683. The van der Waals surface area contributed by atoms with Gasteiger partial charge in [-0.25, -0.2) is 4.98 Å². The van der Waals surface area contributed by atoms with Gasteiger partial charge in [0.25, 0.3) is 0 Å². The molecule has 1 aliphatic heterocycles. The van der Waals surface area contributed by atoms with Gasteiger partial charge in [-0.2, -0.15) is 0 Å². The smallest absolute Gasteiger partial charge is 0.248 e. The second-order valence-corrected chi connectivity index (χ2v) is 4.78. The maximum atomic E-state index is 12.1. The first-order valence-electron chi connectivity index (χ1n) is 6.00. The number of fused-ring (bicyclic) bond motifs is 1. The zero-order valence-corrected chi connectivity index (χ0v) is 10.8. The molecule has 0 saturated carbocycles. The Kier molecular flexibility index (Phi) is 3.09. The van der Waals surface area contributed by atoms with Crippen molar-refractivity contribution in [2.75, 3.05) is 10.6 Å². The van der Waals surface area contributed by atoms with Gasteiger partial charge >= 0.3 is 0 Å². The molecular formula is C14H12ClN3O. The van der Waals surface area contributed by atoms with E-state index in [4.69, 9.17) is 11.6 Å². The molecule has 3 rings (SSSR count). The second-order valence-electron chi connectivity index (χ2n) is 4.39. The summed E-state index contributed by atoms with van der Waals surface area (Å²) in [6.45, 7) is 0. The number of para-hydroxylation sites is 1. The van der Waals surface area contributed by atoms with Crippen molar-refractivity contribution in [1.82, 2.24) is 4.98 Å². The Morgan fingerprint density at radius 2 is 2.11 bits per heavy atom. The molecule has 1 aromatic carbocycles. The van der Waals surface area contributed by atoms with Crippen LogP contribution in [0.15, 0.2) is 42.5 Å². The highest BCUT2D eigenvalue weighted by Gasteiger charge is 2.26. The highest BCUT2D eigenvalue weighted by Crippen LogP contribution is 2.25. The van der Waals surface area contributed by atoms with Gasteiger partial charge < -0.3 is 10.6 Å². The molecule has 96 valence electrons. The van der Waals surface area contributed by atoms with E-state index >= 15 is 0 Å². The van der Waals surface area contributed by atoms with Crippen LogP contribution in [-0.2, 0) is 11.2 Å². The topological polar surface area (TPSA) is 54.0 Å². The Labute approximate surface area is 115 Å². The van der Waals surface area contributed by atoms with Gasteiger partial charge in [-0.3, -0.25) is 4.79 Å². The molecule has 1 atom stereocenters. The van der Waals surface area contributed by atoms with E-state index in [9.17, 15) is 4.79 Å². The van der Waals surface area contributed by atoms with E-state index in [0.717, 1.165) is 11.3 Å². The van der Waals surface area contributed by atoms with Gasteiger partial charge in [0.05, 0.1) is 0 Å². The maximum Gasteiger partial charge on any atom is 0.248 e. The first-order valence-corrected chi connectivity index (χ1v) is 6.38. The lowest BCUT2D eigenvalue weighted by molar-refractivity contribution is -0.116. The Bertz CT molecular complexity index is 605. The lowest BCUT2D eigenvalue weighted by Crippen LogP contribution is -2.33. The quantitative estimate of drug-likeness (QED) is 0.827. The number of carbonyl (C=O) groups excluding carboxylic acids is 1. The summed E-state index contributed by atoms with van der Waals surface area (Å²) in [7, 11) is 0. The van der Waals surface area contributed by atoms with E-state index in [2.05, 4.69) is 15.6 Å². The van der Waals surface area contributed by atoms with Gasteiger partial charge in [-0.1, -0.05) is 35.9 Å². The van der Waals surface area contributed by atoms with E-state index in [0.29, 0.717) is 17.4 Å². The minimum atomic E-state index is -0.266. The van der Waals surface area contributed by atoms with Gasteiger partial charge in [0.1, 0.15) is 17.0 Å². The SMILES string of the molecule is O=C(Nc1cccc(Cl)n1)[C@@H]1Cc2ccccc2N1. The summed E-state index contributed by atoms with van der Waals surface area (Å²) in [5.41, 5.74) is 2.17. The largest absolute Gasteiger partial charge is 0.373 e. The molecular weight excluding hydrogens is 262 g/mol. The number of nitrogens with zero attached hydrogens (tertiary/aromatic N) is 1. The van der Waals surface area contributed by atoms with Crippen LogP contribution in [0.3, 0.4) is 0 Å². The van der Waals surface area contributed by atoms with Gasteiger partial charge in [0.15, 0.2) is 0 Å². The average Bonchev–Trinajstić information content (AvgIpc) is 2.82. The predicted molar refractivity (Wildman–Crippen MR) is 75.4 cm³/mol. The summed E-state index contributed by atoms with van der Waals surface area (Å²) in [6, 6.07) is 12.8. The normalized spacial score (nSPS) is 16.6. The monoisotopic (exact) mass is 273 g/mol. The van der Waals surface area contributed by atoms with Gasteiger partial charge in [-0.05, 0) is 23.8 Å². The molecule has 0 aliphatic carbocycles. The van der Waals surface area contributed by atoms with Gasteiger partial charge in [-0.15, -0.1) is 0 Å². The van der Waals surface area contributed by atoms with Crippen molar-refractivity contribution >= 4 is 29.0 Å². The van der Waals surface area contributed by atoms with Crippen molar-refractivity contribution in [3.8, 4) is 0 Å². The number of pyridine rings is 1. The average molecular weight is 274 g/mol. The fourth-order valence-corrected chi connectivity index (χ4v) is 2.31. The minimum Gasteiger partial charge on any atom is -0.373 e. The van der Waals surface area contributed by atoms with Crippen LogP contribution in [0.4, 0.5) is 11.5 Å². The number of anilines is 2. The van der Waals surface area contributed by atoms with Crippen LogP contribution in [0, 0.1) is 0 Å². The van der Waals surface area contributed by atoms with Crippen molar-refractivity contribution in [2.45, 2.75) is 12.5 Å². The number of amides is 1. The molecule has 0 fully saturated rings. The minimum absolute atomic E-state index is 0.106. The second kappa shape index (κ2) is 4.90. The van der Waals surface area contributed by atoms with Crippen LogP contribution in [-0.4, -0.2) is 16.9 Å². The summed E-state index contributed by atoms with van der Waals surface area (Å²) >= 11 is 5.78. The Hall–Kier alpha value is -2.07. The molecule has 19 heavy (non-hydrogen) atoms. The third-order valence-corrected chi connectivity index (χ3v) is 3.26. The predicted octanol–water partition coefficient (Wildman–Crippen LogP) is 2.71. The molecule has 0 radical (unpaired) electrons. The molecule has 2 aromatic rings. The number of hydrogen-bond acceptors (Lipinski definition) is 3. The highest BCUT2D eigenvalue weighted by molar-refractivity contribution is 6.29. The number of nitrogens with one attached hydrogen (secondary N) is 2. The molecule has 1 aliphatic rings. The van der Waals surface area contributed by atoms with Crippen LogP contribution < -0.4 is 10.6 Å². The molecule has 1 aromatic heterocycles. The maximum absolute atomic E-state index is 12.1. The molecule has 0 saturated heterocycles. The van der Waals surface area contributed by atoms with Gasteiger partial charge in [0, 0.05) is 12.1 Å². The molecule has 1 amide bonds. The van der Waals surface area contributed by atoms with Crippen LogP contribution in [0.2, 0.25) is 5.15 Å². The third-order valence-electron chi connectivity index (χ3n) is 3.05. The fraction of sp³-hybridized carbons (Fsp3) is 0.143. The molecule has 0 spiro atoms. The van der Waals surface area contributed by atoms with E-state index in [1.807, 2.05) is 24.3 Å². The lowest BCUT2D eigenvalue weighted by Gasteiger charge is -2.11. The molecule has 4 nitrogen and oxygen atoms in total. The van der Waals surface area contributed by atoms with Gasteiger partial charge in [0.2, 0.25) is 5.91 Å². The van der Waals surface area contributed by atoms with Crippen molar-refractivity contribution in [1.29, 1.82) is 0 Å². The summed E-state index contributed by atoms with van der Waals surface area (Å²) in [5.74, 6) is 0.362. The van der Waals surface area contributed by atoms with E-state index in [1.54, 1.807) is 18.2 Å². The van der Waals surface area contributed by atoms with Crippen LogP contribution in [0.1, 0.15) is 5.56 Å². The first kappa shape index (κ1) is 12.0. The highest BCUT2D eigenvalue weighted by atomic mass is 35.5. The lowest BCUT2D eigenvalue weighted by atomic mass is 10.1. The number of aromatic nitrogens is 1. The van der Waals surface area contributed by atoms with Crippen LogP contribution in [0.25, 0.3) is 0 Å². The Balaban J connectivity index is 1.70. The zero-order chi connectivity index (χ0) is 13.2. The van der Waals surface area contributed by atoms with E-state index in [-0.39, 0.29) is 11.9 Å². The Morgan fingerprint density at radius 1 is 1.26 bits per heavy atom. The standard InChI is InChI=1S/C14H12ClN3O/c15-12-6-3-7-13(17-12)18-14(19)11-8-9-4-1-2-5-10(9)16-11/h1-7,11,16H,8H2,(H,17,18,19)/t11-/m0/s1. The van der Waals surface area contributed by atoms with E-state index < -0.39 is 0 Å². The summed E-state index contributed by atoms with van der Waals surface area (Å²) < 4.78 is 0. The first-order chi connectivity index (χ1) is 9.22. The molecule has 0 bridgehead atoms. The zero-order valence-electron chi connectivity index (χ0n) is 10.1. The number of benzene rings is 1. The number of halogens is 1. The third kappa shape index (κ3) is 2.53. The number of carbonyl (C=O) groups is 1. The van der Waals surface area contributed by atoms with Crippen molar-refractivity contribution in [2.24, 2.45) is 0 Å². The van der Waals surface area contributed by atoms with Crippen LogP contribution in [0.5, 0.6) is 0 Å². The van der Waals surface area contributed by atoms with E-state index in [1.165, 1.54) is 0 Å². The molecule has 2 heterocycles. The van der Waals surface area contributed by atoms with Crippen LogP contribution >= 0.6 is 11.6 Å². The molecule has 2 N–H and O–H groups in total. The summed E-state index contributed by atoms with van der Waals surface area (Å²) in [5, 5.41) is 6.32. The summed E-state index contributed by atoms with van der Waals surface area (Å²) in [4.78, 5) is 16.2. The fourth-order valence-electron chi connectivity index (χ4n) is 2.15. The Morgan fingerprint density at radius 3 is 2.89 bits per heavy atom.